The van der Waals surface area contributed by atoms with Crippen LogP contribution in [0.1, 0.15) is 31.9 Å². The highest BCUT2D eigenvalue weighted by molar-refractivity contribution is 5.67. The Hall–Kier alpha value is -1.60. The first-order valence-electron chi connectivity index (χ1n) is 8.13. The Morgan fingerprint density at radius 3 is 2.53 bits per heavy atom. The lowest BCUT2D eigenvalue weighted by Gasteiger charge is -2.17. The summed E-state index contributed by atoms with van der Waals surface area (Å²) in [4.78, 5) is 0. The first kappa shape index (κ1) is 6.97. The van der Waals surface area contributed by atoms with Crippen LogP contribution in [0.4, 0.5) is 0 Å². The van der Waals surface area contributed by atoms with Gasteiger partial charge in [0.25, 0.3) is 0 Å². The van der Waals surface area contributed by atoms with E-state index in [4.69, 9.17) is 11.6 Å². The van der Waals surface area contributed by atoms with Gasteiger partial charge < -0.3 is 4.74 Å². The van der Waals surface area contributed by atoms with Crippen molar-refractivity contribution in [2.24, 2.45) is 0 Å². The van der Waals surface area contributed by atoms with E-state index in [2.05, 4.69) is 0 Å². The fourth-order valence-corrected chi connectivity index (χ4v) is 1.90. The van der Waals surface area contributed by atoms with Gasteiger partial charge in [-0.3, -0.25) is 0 Å². The fraction of sp³-hybridized carbons (Fsp3) is 0.250. The molecule has 0 bridgehead atoms. The van der Waals surface area contributed by atoms with Crippen molar-refractivity contribution < 1.29 is 11.6 Å². The maximum absolute atomic E-state index is 8.11. The molecule has 1 unspecified atom stereocenters. The van der Waals surface area contributed by atoms with Crippen LogP contribution in [-0.2, 0) is 4.74 Å². The summed E-state index contributed by atoms with van der Waals surface area (Å²) in [6.07, 6.45) is 0.542. The lowest BCUT2D eigenvalue weighted by molar-refractivity contribution is 0.100. The minimum absolute atomic E-state index is 0.186. The van der Waals surface area contributed by atoms with Crippen molar-refractivity contribution >= 4 is 0 Å². The van der Waals surface area contributed by atoms with Crippen LogP contribution in [0.5, 0.6) is 0 Å². The smallest absolute Gasteiger partial charge is 0.0824 e. The summed E-state index contributed by atoms with van der Waals surface area (Å²) >= 11 is 0. The van der Waals surface area contributed by atoms with E-state index in [0.717, 1.165) is 12.0 Å². The quantitative estimate of drug-likeness (QED) is 0.755. The topological polar surface area (TPSA) is 9.23 Å². The summed E-state index contributed by atoms with van der Waals surface area (Å²) in [5.41, 5.74) is 1.66. The van der Waals surface area contributed by atoms with Gasteiger partial charge in [-0.05, 0) is 23.1 Å². The zero-order valence-electron chi connectivity index (χ0n) is 15.0. The van der Waals surface area contributed by atoms with Crippen molar-refractivity contribution in [3.05, 3.63) is 60.0 Å². The molecule has 0 aliphatic heterocycles. The summed E-state index contributed by atoms with van der Waals surface area (Å²) in [6, 6.07) is 5.88. The molecular weight excluding hydrogens is 208 g/mol. The first-order chi connectivity index (χ1) is 10.4. The second-order valence-electron chi connectivity index (χ2n) is 3.72. The minimum atomic E-state index is -0.380. The summed E-state index contributed by atoms with van der Waals surface area (Å²) in [7, 11) is 1.60. The van der Waals surface area contributed by atoms with Crippen LogP contribution in [0.3, 0.4) is 0 Å². The molecule has 1 heteroatoms. The maximum atomic E-state index is 8.11. The van der Waals surface area contributed by atoms with Crippen molar-refractivity contribution in [1.82, 2.24) is 0 Å². The molecule has 2 rings (SSSR count). The molecule has 0 heterocycles. The van der Waals surface area contributed by atoms with Gasteiger partial charge in [0.15, 0.2) is 0 Å². The van der Waals surface area contributed by atoms with E-state index in [0.29, 0.717) is 5.56 Å². The molecule has 1 nitrogen and oxygen atoms in total. The molecule has 0 saturated heterocycles. The largest absolute Gasteiger partial charge is 0.377 e. The van der Waals surface area contributed by atoms with Gasteiger partial charge in [-0.1, -0.05) is 61.4 Å². The van der Waals surface area contributed by atoms with Gasteiger partial charge in [-0.15, -0.1) is 0 Å². The summed E-state index contributed by atoms with van der Waals surface area (Å²) < 4.78 is 45.0. The van der Waals surface area contributed by atoms with Gasteiger partial charge in [0.05, 0.1) is 13.0 Å². The van der Waals surface area contributed by atoms with E-state index in [1.54, 1.807) is 19.2 Å². The molecule has 0 spiro atoms. The monoisotopic (exact) mass is 231 g/mol. The molecule has 0 N–H and O–H groups in total. The van der Waals surface area contributed by atoms with Crippen molar-refractivity contribution in [3.8, 4) is 11.1 Å². The molecule has 0 saturated carbocycles. The van der Waals surface area contributed by atoms with E-state index in [-0.39, 0.29) is 41.9 Å². The first-order valence-corrected chi connectivity index (χ1v) is 5.63. The molecule has 88 valence electrons. The SMILES string of the molecule is [2H]c1c([2H])c([2H])c(-c2ccccc2C(CC)OC)c([2H])c1[2H]. The summed E-state index contributed by atoms with van der Waals surface area (Å²) in [6.45, 7) is 1.98. The molecule has 2 aromatic rings. The van der Waals surface area contributed by atoms with E-state index in [1.165, 1.54) is 0 Å². The lowest BCUT2D eigenvalue weighted by atomic mass is 9.95. The van der Waals surface area contributed by atoms with Crippen molar-refractivity contribution in [2.45, 2.75) is 19.4 Å². The number of methoxy groups -OCH3 is 1. The molecule has 0 amide bonds. The van der Waals surface area contributed by atoms with Crippen LogP contribution in [0.15, 0.2) is 54.5 Å². The van der Waals surface area contributed by atoms with Crippen LogP contribution < -0.4 is 0 Å². The second-order valence-corrected chi connectivity index (χ2v) is 3.72. The van der Waals surface area contributed by atoms with E-state index in [9.17, 15) is 0 Å². The van der Waals surface area contributed by atoms with Gasteiger partial charge in [0.2, 0.25) is 0 Å². The minimum Gasteiger partial charge on any atom is -0.377 e. The second kappa shape index (κ2) is 5.65. The summed E-state index contributed by atoms with van der Waals surface area (Å²) in [5.74, 6) is 0. The number of rotatable bonds is 4. The number of hydrogen-bond acceptors (Lipinski definition) is 1. The molecule has 0 aliphatic rings. The Morgan fingerprint density at radius 1 is 1.18 bits per heavy atom. The zero-order chi connectivity index (χ0) is 16.4. The molecule has 0 aliphatic carbocycles. The van der Waals surface area contributed by atoms with E-state index < -0.39 is 0 Å². The summed E-state index contributed by atoms with van der Waals surface area (Å²) in [5, 5.41) is 0. The highest BCUT2D eigenvalue weighted by Crippen LogP contribution is 2.31. The predicted octanol–water partition coefficient (Wildman–Crippen LogP) is 4.45. The average Bonchev–Trinajstić information content (AvgIpc) is 2.54. The predicted molar refractivity (Wildman–Crippen MR) is 71.9 cm³/mol. The Bertz CT molecular complexity index is 666. The fourth-order valence-electron chi connectivity index (χ4n) is 1.90. The van der Waals surface area contributed by atoms with Gasteiger partial charge >= 0.3 is 0 Å². The molecule has 17 heavy (non-hydrogen) atoms. The Kier molecular flexibility index (Phi) is 2.32. The van der Waals surface area contributed by atoms with Crippen molar-refractivity contribution in [3.63, 3.8) is 0 Å². The van der Waals surface area contributed by atoms with Crippen LogP contribution >= 0.6 is 0 Å². The van der Waals surface area contributed by atoms with Crippen molar-refractivity contribution in [1.29, 1.82) is 0 Å². The molecule has 0 aromatic heterocycles. The molecule has 0 fully saturated rings. The van der Waals surface area contributed by atoms with Crippen LogP contribution in [-0.4, -0.2) is 7.11 Å². The van der Waals surface area contributed by atoms with Crippen LogP contribution in [0.2, 0.25) is 0 Å². The lowest BCUT2D eigenvalue weighted by Crippen LogP contribution is -2.01. The zero-order valence-corrected chi connectivity index (χ0v) is 10.0. The van der Waals surface area contributed by atoms with E-state index >= 15 is 0 Å². The third-order valence-electron chi connectivity index (χ3n) is 2.73. The Balaban J connectivity index is 2.79. The molecule has 0 radical (unpaired) electrons. The van der Waals surface area contributed by atoms with Gasteiger partial charge in [0.1, 0.15) is 0 Å². The van der Waals surface area contributed by atoms with Gasteiger partial charge in [0, 0.05) is 7.11 Å². The Morgan fingerprint density at radius 2 is 1.88 bits per heavy atom. The number of ether oxygens (including phenoxy) is 1. The average molecular weight is 231 g/mol. The molecule has 2 aromatic carbocycles. The highest BCUT2D eigenvalue weighted by atomic mass is 16.5. The Labute approximate surface area is 110 Å². The van der Waals surface area contributed by atoms with Crippen LogP contribution in [0.25, 0.3) is 11.1 Å². The van der Waals surface area contributed by atoms with Gasteiger partial charge in [-0.25, -0.2) is 0 Å². The standard InChI is InChI=1S/C16H18O/c1-3-16(17-2)15-12-8-7-11-14(15)13-9-5-4-6-10-13/h4-12,16H,3H2,1-2H3/i4D,5D,6D,9D,10D. The highest BCUT2D eigenvalue weighted by Gasteiger charge is 2.12. The van der Waals surface area contributed by atoms with Crippen LogP contribution in [0, 0.1) is 0 Å². The number of hydrogen-bond donors (Lipinski definition) is 0. The van der Waals surface area contributed by atoms with Gasteiger partial charge in [-0.2, -0.15) is 0 Å². The molecular formula is C16H18O. The third-order valence-corrected chi connectivity index (χ3v) is 2.73. The maximum Gasteiger partial charge on any atom is 0.0824 e. The molecule has 1 atom stereocenters. The normalized spacial score (nSPS) is 16.5. The van der Waals surface area contributed by atoms with Crippen molar-refractivity contribution in [2.75, 3.05) is 7.11 Å². The number of benzene rings is 2. The van der Waals surface area contributed by atoms with E-state index in [1.807, 2.05) is 19.1 Å². The third kappa shape index (κ3) is 2.56.